The Balaban J connectivity index is 1.98. The van der Waals surface area contributed by atoms with E-state index in [9.17, 15) is 9.59 Å². The topological polar surface area (TPSA) is 64.6 Å². The molecule has 26 heavy (non-hydrogen) atoms. The van der Waals surface area contributed by atoms with Crippen molar-refractivity contribution in [3.63, 3.8) is 0 Å². The van der Waals surface area contributed by atoms with Gasteiger partial charge in [0.25, 0.3) is 0 Å². The van der Waals surface area contributed by atoms with E-state index in [0.717, 1.165) is 16.9 Å². The fraction of sp³-hybridized carbons (Fsp3) is 0.300. The predicted molar refractivity (Wildman–Crippen MR) is 100 cm³/mol. The highest BCUT2D eigenvalue weighted by molar-refractivity contribution is 6.30. The Morgan fingerprint density at radius 3 is 2.27 bits per heavy atom. The molecule has 5 nitrogen and oxygen atoms in total. The van der Waals surface area contributed by atoms with Gasteiger partial charge in [-0.25, -0.2) is 0 Å². The van der Waals surface area contributed by atoms with Crippen LogP contribution in [0.15, 0.2) is 48.5 Å². The van der Waals surface area contributed by atoms with Gasteiger partial charge in [-0.2, -0.15) is 0 Å². The molecule has 2 aromatic rings. The molecule has 0 heterocycles. The Kier molecular flexibility index (Phi) is 7.48. The zero-order valence-corrected chi connectivity index (χ0v) is 15.6. The van der Waals surface area contributed by atoms with Crippen LogP contribution in [0.4, 0.5) is 0 Å². The average molecular weight is 376 g/mol. The number of methoxy groups -OCH3 is 2. The number of ether oxygens (including phenoxy) is 2. The number of esters is 1. The second kappa shape index (κ2) is 9.82. The molecule has 1 N–H and O–H groups in total. The normalized spacial score (nSPS) is 11.5. The Labute approximate surface area is 158 Å². The summed E-state index contributed by atoms with van der Waals surface area (Å²) in [7, 11) is 2.94. The van der Waals surface area contributed by atoms with Crippen LogP contribution in [0.2, 0.25) is 5.02 Å². The zero-order valence-electron chi connectivity index (χ0n) is 14.8. The van der Waals surface area contributed by atoms with Crippen LogP contribution in [-0.4, -0.2) is 26.1 Å². The maximum absolute atomic E-state index is 12.3. The highest BCUT2D eigenvalue weighted by Crippen LogP contribution is 2.20. The van der Waals surface area contributed by atoms with Gasteiger partial charge in [-0.05, 0) is 41.8 Å². The minimum atomic E-state index is -0.455. The molecule has 2 aromatic carbocycles. The van der Waals surface area contributed by atoms with Crippen molar-refractivity contribution in [3.05, 3.63) is 64.7 Å². The van der Waals surface area contributed by atoms with Gasteiger partial charge in [0, 0.05) is 11.4 Å². The predicted octanol–water partition coefficient (Wildman–Crippen LogP) is 3.70. The summed E-state index contributed by atoms with van der Waals surface area (Å²) in [5, 5.41) is 3.50. The molecule has 1 amide bonds. The molecule has 0 fully saturated rings. The average Bonchev–Trinajstić information content (AvgIpc) is 2.66. The standard InChI is InChI=1S/C20H22ClNO4/c1-25-17-10-3-14(4-11-17)5-12-19(23)22-18(13-20(24)26-2)15-6-8-16(21)9-7-15/h3-4,6-11,18H,5,12-13H2,1-2H3,(H,22,23). The van der Waals surface area contributed by atoms with Gasteiger partial charge < -0.3 is 14.8 Å². The number of amides is 1. The first-order valence-corrected chi connectivity index (χ1v) is 8.64. The van der Waals surface area contributed by atoms with Crippen LogP contribution in [0.5, 0.6) is 5.75 Å². The fourth-order valence-electron chi connectivity index (χ4n) is 2.51. The lowest BCUT2D eigenvalue weighted by Crippen LogP contribution is -2.30. The second-order valence-corrected chi connectivity index (χ2v) is 6.24. The van der Waals surface area contributed by atoms with E-state index in [1.54, 1.807) is 31.4 Å². The van der Waals surface area contributed by atoms with E-state index in [2.05, 4.69) is 5.32 Å². The number of carbonyl (C=O) groups excluding carboxylic acids is 2. The van der Waals surface area contributed by atoms with E-state index in [-0.39, 0.29) is 18.3 Å². The third kappa shape index (κ3) is 6.08. The maximum atomic E-state index is 12.3. The number of rotatable bonds is 8. The number of hydrogen-bond donors (Lipinski definition) is 1. The lowest BCUT2D eigenvalue weighted by atomic mass is 10.0. The first-order chi connectivity index (χ1) is 12.5. The van der Waals surface area contributed by atoms with Gasteiger partial charge >= 0.3 is 5.97 Å². The molecule has 0 saturated heterocycles. The van der Waals surface area contributed by atoms with Crippen molar-refractivity contribution in [3.8, 4) is 5.75 Å². The molecule has 1 unspecified atom stereocenters. The summed E-state index contributed by atoms with van der Waals surface area (Å²) in [6, 6.07) is 14.2. The van der Waals surface area contributed by atoms with E-state index < -0.39 is 6.04 Å². The molecule has 0 aliphatic carbocycles. The van der Waals surface area contributed by atoms with E-state index >= 15 is 0 Å². The van der Waals surface area contributed by atoms with E-state index in [0.29, 0.717) is 17.9 Å². The molecule has 2 rings (SSSR count). The summed E-state index contributed by atoms with van der Waals surface area (Å²) in [6.07, 6.45) is 0.978. The number of nitrogens with one attached hydrogen (secondary N) is 1. The van der Waals surface area contributed by atoms with Gasteiger partial charge in [-0.15, -0.1) is 0 Å². The highest BCUT2D eigenvalue weighted by atomic mass is 35.5. The van der Waals surface area contributed by atoms with E-state index in [1.165, 1.54) is 7.11 Å². The molecule has 0 aromatic heterocycles. The third-order valence-electron chi connectivity index (χ3n) is 4.01. The van der Waals surface area contributed by atoms with Crippen molar-refractivity contribution in [1.82, 2.24) is 5.32 Å². The van der Waals surface area contributed by atoms with Crippen LogP contribution in [0.3, 0.4) is 0 Å². The number of halogens is 1. The zero-order chi connectivity index (χ0) is 18.9. The molecule has 138 valence electrons. The SMILES string of the molecule is COC(=O)CC(NC(=O)CCc1ccc(OC)cc1)c1ccc(Cl)cc1. The molecule has 0 saturated carbocycles. The Bertz CT molecular complexity index is 728. The van der Waals surface area contributed by atoms with E-state index in [1.807, 2.05) is 24.3 Å². The Morgan fingerprint density at radius 2 is 1.69 bits per heavy atom. The smallest absolute Gasteiger partial charge is 0.307 e. The minimum Gasteiger partial charge on any atom is -0.497 e. The third-order valence-corrected chi connectivity index (χ3v) is 4.26. The van der Waals surface area contributed by atoms with Crippen LogP contribution in [0, 0.1) is 0 Å². The van der Waals surface area contributed by atoms with Gasteiger partial charge in [-0.3, -0.25) is 9.59 Å². The summed E-state index contributed by atoms with van der Waals surface area (Å²) in [4.78, 5) is 24.0. The lowest BCUT2D eigenvalue weighted by molar-refractivity contribution is -0.141. The Morgan fingerprint density at radius 1 is 1.04 bits per heavy atom. The van der Waals surface area contributed by atoms with Crippen molar-refractivity contribution >= 4 is 23.5 Å². The van der Waals surface area contributed by atoms with Crippen LogP contribution < -0.4 is 10.1 Å². The van der Waals surface area contributed by atoms with Crippen LogP contribution in [-0.2, 0) is 20.7 Å². The maximum Gasteiger partial charge on any atom is 0.307 e. The number of benzene rings is 2. The molecule has 0 radical (unpaired) electrons. The number of carbonyl (C=O) groups is 2. The van der Waals surface area contributed by atoms with Gasteiger partial charge in [0.2, 0.25) is 5.91 Å². The number of hydrogen-bond acceptors (Lipinski definition) is 4. The van der Waals surface area contributed by atoms with Crippen LogP contribution in [0.25, 0.3) is 0 Å². The molecule has 0 spiro atoms. The molecule has 0 aliphatic rings. The number of aryl methyl sites for hydroxylation is 1. The van der Waals surface area contributed by atoms with Crippen LogP contribution in [0.1, 0.15) is 30.0 Å². The quantitative estimate of drug-likeness (QED) is 0.714. The van der Waals surface area contributed by atoms with Crippen molar-refractivity contribution < 1.29 is 19.1 Å². The van der Waals surface area contributed by atoms with Crippen molar-refractivity contribution in [1.29, 1.82) is 0 Å². The molecule has 6 heteroatoms. The first kappa shape index (κ1) is 19.8. The molecule has 1 atom stereocenters. The molecular formula is C20H22ClNO4. The molecule has 0 bridgehead atoms. The summed E-state index contributed by atoms with van der Waals surface area (Å²) in [5.74, 6) is 0.254. The van der Waals surface area contributed by atoms with Gasteiger partial charge in [-0.1, -0.05) is 35.9 Å². The fourth-order valence-corrected chi connectivity index (χ4v) is 2.64. The monoisotopic (exact) mass is 375 g/mol. The van der Waals surface area contributed by atoms with Crippen molar-refractivity contribution in [2.45, 2.75) is 25.3 Å². The highest BCUT2D eigenvalue weighted by Gasteiger charge is 2.19. The molecule has 0 aliphatic heterocycles. The summed E-state index contributed by atoms with van der Waals surface area (Å²) >= 11 is 5.91. The van der Waals surface area contributed by atoms with Gasteiger partial charge in [0.15, 0.2) is 0 Å². The first-order valence-electron chi connectivity index (χ1n) is 8.26. The van der Waals surface area contributed by atoms with Crippen molar-refractivity contribution in [2.24, 2.45) is 0 Å². The Hall–Kier alpha value is -2.53. The second-order valence-electron chi connectivity index (χ2n) is 5.80. The van der Waals surface area contributed by atoms with Gasteiger partial charge in [0.05, 0.1) is 26.7 Å². The summed E-state index contributed by atoms with van der Waals surface area (Å²) < 4.78 is 9.85. The van der Waals surface area contributed by atoms with Crippen molar-refractivity contribution in [2.75, 3.05) is 14.2 Å². The lowest BCUT2D eigenvalue weighted by Gasteiger charge is -2.18. The summed E-state index contributed by atoms with van der Waals surface area (Å²) in [5.41, 5.74) is 1.84. The van der Waals surface area contributed by atoms with E-state index in [4.69, 9.17) is 21.1 Å². The minimum absolute atomic E-state index is 0.0619. The van der Waals surface area contributed by atoms with Gasteiger partial charge in [0.1, 0.15) is 5.75 Å². The molecular weight excluding hydrogens is 354 g/mol. The summed E-state index contributed by atoms with van der Waals surface area (Å²) in [6.45, 7) is 0. The van der Waals surface area contributed by atoms with Crippen LogP contribution >= 0.6 is 11.6 Å². The largest absolute Gasteiger partial charge is 0.497 e.